The van der Waals surface area contributed by atoms with Gasteiger partial charge in [0, 0.05) is 22.7 Å². The molecule has 0 bridgehead atoms. The van der Waals surface area contributed by atoms with Crippen LogP contribution in [0.15, 0.2) is 23.5 Å². The molecule has 3 aliphatic carbocycles. The van der Waals surface area contributed by atoms with Gasteiger partial charge in [-0.3, -0.25) is 14.4 Å². The van der Waals surface area contributed by atoms with Crippen molar-refractivity contribution in [1.82, 2.24) is 0 Å². The Bertz CT molecular complexity index is 777. The smallest absolute Gasteiger partial charge is 0.306 e. The molecule has 0 N–H and O–H groups in total. The number of ether oxygens (including phenoxy) is 2. The fourth-order valence-corrected chi connectivity index (χ4v) is 6.55. The molecule has 0 aromatic carbocycles. The highest BCUT2D eigenvalue weighted by atomic mass is 16.5. The second-order valence-electron chi connectivity index (χ2n) is 8.87. The van der Waals surface area contributed by atoms with E-state index in [1.807, 2.05) is 33.8 Å². The van der Waals surface area contributed by atoms with Gasteiger partial charge in [-0.2, -0.15) is 0 Å². The predicted octanol–water partition coefficient (Wildman–Crippen LogP) is 2.84. The van der Waals surface area contributed by atoms with E-state index in [0.29, 0.717) is 12.2 Å². The van der Waals surface area contributed by atoms with Crippen LogP contribution in [-0.2, 0) is 23.9 Å². The maximum atomic E-state index is 13.4. The van der Waals surface area contributed by atoms with Gasteiger partial charge in [-0.15, -0.1) is 0 Å². The summed E-state index contributed by atoms with van der Waals surface area (Å²) < 4.78 is 11.1. The molecule has 1 heterocycles. The first kappa shape index (κ1) is 17.5. The third-order valence-electron chi connectivity index (χ3n) is 7.74. The molecular formula is C21H26O5. The number of methoxy groups -OCH3 is 1. The van der Waals surface area contributed by atoms with Crippen LogP contribution in [0.1, 0.15) is 40.5 Å². The van der Waals surface area contributed by atoms with Gasteiger partial charge in [-0.1, -0.05) is 26.3 Å². The van der Waals surface area contributed by atoms with E-state index >= 15 is 0 Å². The standard InChI is InChI=1S/C21H26O5/c1-10-6-14(22)18-20(3)13(10)9-17(23)26-16(20)8-12-11(2)7-15(25-5)19(24)21(12,18)4/h6-7,11-13,16,18H,8-9H2,1-5H3/t11-,12+,13+,16-,18+,20-,21+/m1/s1. The summed E-state index contributed by atoms with van der Waals surface area (Å²) in [6.07, 6.45) is 4.05. The zero-order valence-corrected chi connectivity index (χ0v) is 16.0. The van der Waals surface area contributed by atoms with Crippen LogP contribution in [0.5, 0.6) is 0 Å². The SMILES string of the molecule is COC1=C[C@@H](C)[C@@H]2C[C@H]3OC(=O)C[C@H]4C(C)=CC(=O)[C@H]([C@@]2(C)C1=O)[C@@]34C. The van der Waals surface area contributed by atoms with Crippen LogP contribution in [0.4, 0.5) is 0 Å². The van der Waals surface area contributed by atoms with Crippen LogP contribution in [0, 0.1) is 34.5 Å². The molecule has 4 aliphatic rings. The maximum Gasteiger partial charge on any atom is 0.306 e. The van der Waals surface area contributed by atoms with Crippen molar-refractivity contribution in [3.8, 4) is 0 Å². The van der Waals surface area contributed by atoms with Gasteiger partial charge < -0.3 is 9.47 Å². The highest BCUT2D eigenvalue weighted by Gasteiger charge is 2.70. The van der Waals surface area contributed by atoms with E-state index in [1.54, 1.807) is 6.08 Å². The molecule has 4 rings (SSSR count). The minimum absolute atomic E-state index is 0.0192. The molecule has 0 aromatic heterocycles. The van der Waals surface area contributed by atoms with E-state index in [9.17, 15) is 14.4 Å². The second-order valence-corrected chi connectivity index (χ2v) is 8.87. The van der Waals surface area contributed by atoms with Crippen LogP contribution in [0.2, 0.25) is 0 Å². The Morgan fingerprint density at radius 3 is 2.58 bits per heavy atom. The van der Waals surface area contributed by atoms with Gasteiger partial charge in [0.25, 0.3) is 0 Å². The molecule has 0 amide bonds. The van der Waals surface area contributed by atoms with Crippen molar-refractivity contribution < 1.29 is 23.9 Å². The molecule has 5 heteroatoms. The zero-order chi connectivity index (χ0) is 19.0. The second kappa shape index (κ2) is 5.30. The Hall–Kier alpha value is -1.91. The van der Waals surface area contributed by atoms with Gasteiger partial charge in [-0.25, -0.2) is 0 Å². The molecule has 0 spiro atoms. The van der Waals surface area contributed by atoms with Gasteiger partial charge in [0.1, 0.15) is 6.10 Å². The van der Waals surface area contributed by atoms with Gasteiger partial charge >= 0.3 is 5.97 Å². The molecule has 26 heavy (non-hydrogen) atoms. The van der Waals surface area contributed by atoms with Crippen molar-refractivity contribution in [2.24, 2.45) is 34.5 Å². The number of esters is 1. The topological polar surface area (TPSA) is 69.7 Å². The summed E-state index contributed by atoms with van der Waals surface area (Å²) in [7, 11) is 1.51. The molecule has 0 radical (unpaired) electrons. The van der Waals surface area contributed by atoms with Crippen LogP contribution >= 0.6 is 0 Å². The lowest BCUT2D eigenvalue weighted by Gasteiger charge is -2.63. The first-order valence-electron chi connectivity index (χ1n) is 9.37. The van der Waals surface area contributed by atoms with Gasteiger partial charge in [0.15, 0.2) is 11.5 Å². The number of hydrogen-bond acceptors (Lipinski definition) is 5. The normalized spacial score (nSPS) is 47.3. The highest BCUT2D eigenvalue weighted by molar-refractivity contribution is 6.06. The van der Waals surface area contributed by atoms with Crippen LogP contribution in [0.25, 0.3) is 0 Å². The molecule has 140 valence electrons. The summed E-state index contributed by atoms with van der Waals surface area (Å²) in [6, 6.07) is 0. The number of carbonyl (C=O) groups excluding carboxylic acids is 3. The average Bonchev–Trinajstić information content (AvgIpc) is 2.56. The maximum absolute atomic E-state index is 13.4. The zero-order valence-electron chi connectivity index (χ0n) is 16.0. The average molecular weight is 358 g/mol. The van der Waals surface area contributed by atoms with Crippen molar-refractivity contribution in [3.05, 3.63) is 23.5 Å². The summed E-state index contributed by atoms with van der Waals surface area (Å²) in [6.45, 7) is 7.93. The van der Waals surface area contributed by atoms with Crippen molar-refractivity contribution in [1.29, 1.82) is 0 Å². The lowest BCUT2D eigenvalue weighted by atomic mass is 9.40. The summed E-state index contributed by atoms with van der Waals surface area (Å²) in [5.41, 5.74) is -0.474. The van der Waals surface area contributed by atoms with Crippen molar-refractivity contribution in [2.75, 3.05) is 7.11 Å². The quantitative estimate of drug-likeness (QED) is 0.674. The molecule has 7 atom stereocenters. The number of carbonyl (C=O) groups is 3. The Morgan fingerprint density at radius 2 is 1.92 bits per heavy atom. The fourth-order valence-electron chi connectivity index (χ4n) is 6.55. The Kier molecular flexibility index (Phi) is 3.57. The minimum atomic E-state index is -0.846. The van der Waals surface area contributed by atoms with Crippen molar-refractivity contribution in [2.45, 2.75) is 46.6 Å². The Morgan fingerprint density at radius 1 is 1.23 bits per heavy atom. The summed E-state index contributed by atoms with van der Waals surface area (Å²) in [5.74, 6) is -0.524. The Labute approximate surface area is 153 Å². The largest absolute Gasteiger partial charge is 0.493 e. The van der Waals surface area contributed by atoms with Gasteiger partial charge in [0.2, 0.25) is 5.78 Å². The van der Waals surface area contributed by atoms with E-state index in [-0.39, 0.29) is 47.8 Å². The number of fused-ring (bicyclic) bond motifs is 2. The molecular weight excluding hydrogens is 332 g/mol. The van der Waals surface area contributed by atoms with E-state index in [2.05, 4.69) is 0 Å². The number of ketones is 2. The van der Waals surface area contributed by atoms with E-state index in [1.165, 1.54) is 7.11 Å². The molecule has 0 aromatic rings. The third-order valence-corrected chi connectivity index (χ3v) is 7.74. The predicted molar refractivity (Wildman–Crippen MR) is 93.8 cm³/mol. The highest BCUT2D eigenvalue weighted by Crippen LogP contribution is 2.66. The number of allylic oxidation sites excluding steroid dienone is 4. The number of Topliss-reactive ketones (excluding diaryl/α,β-unsaturated/α-hetero) is 1. The van der Waals surface area contributed by atoms with E-state index in [0.717, 1.165) is 5.57 Å². The van der Waals surface area contributed by atoms with E-state index in [4.69, 9.17) is 9.47 Å². The molecule has 2 fully saturated rings. The molecule has 1 saturated heterocycles. The molecule has 1 aliphatic heterocycles. The third kappa shape index (κ3) is 1.89. The van der Waals surface area contributed by atoms with Gasteiger partial charge in [0.05, 0.1) is 13.5 Å². The lowest BCUT2D eigenvalue weighted by molar-refractivity contribution is -0.215. The molecule has 5 nitrogen and oxygen atoms in total. The minimum Gasteiger partial charge on any atom is -0.493 e. The number of hydrogen-bond donors (Lipinski definition) is 0. The summed E-state index contributed by atoms with van der Waals surface area (Å²) in [4.78, 5) is 38.9. The van der Waals surface area contributed by atoms with Crippen LogP contribution in [-0.4, -0.2) is 30.7 Å². The van der Waals surface area contributed by atoms with Crippen molar-refractivity contribution >= 4 is 17.5 Å². The van der Waals surface area contributed by atoms with Crippen LogP contribution in [0.3, 0.4) is 0 Å². The lowest BCUT2D eigenvalue weighted by Crippen LogP contribution is -2.68. The Balaban J connectivity index is 1.95. The van der Waals surface area contributed by atoms with Crippen molar-refractivity contribution in [3.63, 3.8) is 0 Å². The molecule has 1 saturated carbocycles. The first-order valence-corrected chi connectivity index (χ1v) is 9.37. The van der Waals surface area contributed by atoms with Gasteiger partial charge in [-0.05, 0) is 37.3 Å². The van der Waals surface area contributed by atoms with E-state index < -0.39 is 16.7 Å². The molecule has 0 unspecified atom stereocenters. The fraction of sp³-hybridized carbons (Fsp3) is 0.667. The monoisotopic (exact) mass is 358 g/mol. The summed E-state index contributed by atoms with van der Waals surface area (Å²) in [5, 5.41) is 0. The first-order chi connectivity index (χ1) is 12.1. The summed E-state index contributed by atoms with van der Waals surface area (Å²) >= 11 is 0. The number of rotatable bonds is 1. The van der Waals surface area contributed by atoms with Crippen LogP contribution < -0.4 is 0 Å².